The number of nitrogens with zero attached hydrogens (tertiary/aromatic N) is 2. The van der Waals surface area contributed by atoms with Gasteiger partial charge in [-0.15, -0.1) is 0 Å². The van der Waals surface area contributed by atoms with Crippen LogP contribution >= 0.6 is 0 Å². The molecule has 1 aliphatic heterocycles. The van der Waals surface area contributed by atoms with Gasteiger partial charge in [-0.3, -0.25) is 9.69 Å². The van der Waals surface area contributed by atoms with E-state index in [0.29, 0.717) is 6.04 Å². The van der Waals surface area contributed by atoms with E-state index < -0.39 is 5.97 Å². The van der Waals surface area contributed by atoms with E-state index in [0.717, 1.165) is 19.5 Å². The Labute approximate surface area is 114 Å². The van der Waals surface area contributed by atoms with Gasteiger partial charge < -0.3 is 10.0 Å². The standard InChI is InChI=1S/C15H22N2O2/c1-12-8-9-17(13-6-4-3-5-7-13)11-14(16(12)2)10-15(18)19/h3-7,12,14H,8-11H2,1-2H3,(H,18,19). The number of carbonyl (C=O) groups is 1. The van der Waals surface area contributed by atoms with Crippen molar-refractivity contribution in [3.8, 4) is 0 Å². The summed E-state index contributed by atoms with van der Waals surface area (Å²) < 4.78 is 0. The molecule has 1 aromatic rings. The highest BCUT2D eigenvalue weighted by molar-refractivity contribution is 5.67. The minimum Gasteiger partial charge on any atom is -0.481 e. The second kappa shape index (κ2) is 6.06. The summed E-state index contributed by atoms with van der Waals surface area (Å²) in [5.41, 5.74) is 1.18. The van der Waals surface area contributed by atoms with Gasteiger partial charge in [0, 0.05) is 30.9 Å². The molecular formula is C15H22N2O2. The summed E-state index contributed by atoms with van der Waals surface area (Å²) >= 11 is 0. The average Bonchev–Trinajstić information content (AvgIpc) is 2.53. The molecule has 1 fully saturated rings. The van der Waals surface area contributed by atoms with Gasteiger partial charge in [0.15, 0.2) is 0 Å². The number of hydrogen-bond donors (Lipinski definition) is 1. The molecule has 0 radical (unpaired) electrons. The Morgan fingerprint density at radius 1 is 1.37 bits per heavy atom. The lowest BCUT2D eigenvalue weighted by Crippen LogP contribution is -2.43. The third-order valence-corrected chi connectivity index (χ3v) is 4.05. The number of rotatable bonds is 3. The van der Waals surface area contributed by atoms with E-state index in [4.69, 9.17) is 5.11 Å². The second-order valence-corrected chi connectivity index (χ2v) is 5.34. The molecule has 2 unspecified atom stereocenters. The largest absolute Gasteiger partial charge is 0.481 e. The first-order valence-corrected chi connectivity index (χ1v) is 6.81. The van der Waals surface area contributed by atoms with Gasteiger partial charge >= 0.3 is 5.97 Å². The van der Waals surface area contributed by atoms with Crippen molar-refractivity contribution in [2.75, 3.05) is 25.0 Å². The molecule has 0 amide bonds. The molecule has 0 aliphatic carbocycles. The number of benzene rings is 1. The molecular weight excluding hydrogens is 240 g/mol. The molecule has 1 aliphatic rings. The molecule has 0 saturated carbocycles. The topological polar surface area (TPSA) is 43.8 Å². The molecule has 19 heavy (non-hydrogen) atoms. The molecule has 104 valence electrons. The fourth-order valence-electron chi connectivity index (χ4n) is 2.66. The van der Waals surface area contributed by atoms with Crippen molar-refractivity contribution < 1.29 is 9.90 Å². The fraction of sp³-hybridized carbons (Fsp3) is 0.533. The molecule has 0 aromatic heterocycles. The van der Waals surface area contributed by atoms with Crippen LogP contribution in [0.5, 0.6) is 0 Å². The predicted molar refractivity (Wildman–Crippen MR) is 76.5 cm³/mol. The Hall–Kier alpha value is -1.55. The van der Waals surface area contributed by atoms with Gasteiger partial charge in [0.05, 0.1) is 6.42 Å². The Kier molecular flexibility index (Phi) is 4.43. The van der Waals surface area contributed by atoms with E-state index in [-0.39, 0.29) is 12.5 Å². The van der Waals surface area contributed by atoms with Gasteiger partial charge in [0.2, 0.25) is 0 Å². The average molecular weight is 262 g/mol. The van der Waals surface area contributed by atoms with E-state index in [1.807, 2.05) is 25.2 Å². The highest BCUT2D eigenvalue weighted by Crippen LogP contribution is 2.22. The maximum absolute atomic E-state index is 11.0. The number of hydrogen-bond acceptors (Lipinski definition) is 3. The number of para-hydroxylation sites is 1. The number of carboxylic acids is 1. The molecule has 1 heterocycles. The number of anilines is 1. The fourth-order valence-corrected chi connectivity index (χ4v) is 2.66. The molecule has 0 bridgehead atoms. The van der Waals surface area contributed by atoms with Crippen LogP contribution in [0.25, 0.3) is 0 Å². The Morgan fingerprint density at radius 2 is 2.05 bits per heavy atom. The van der Waals surface area contributed by atoms with Crippen molar-refractivity contribution in [2.45, 2.75) is 31.8 Å². The van der Waals surface area contributed by atoms with Gasteiger partial charge in [0.1, 0.15) is 0 Å². The van der Waals surface area contributed by atoms with Crippen LogP contribution < -0.4 is 4.90 Å². The maximum Gasteiger partial charge on any atom is 0.305 e. The third-order valence-electron chi connectivity index (χ3n) is 4.05. The molecule has 1 aromatic carbocycles. The van der Waals surface area contributed by atoms with Gasteiger partial charge in [-0.25, -0.2) is 0 Å². The van der Waals surface area contributed by atoms with Crippen LogP contribution in [0.2, 0.25) is 0 Å². The summed E-state index contributed by atoms with van der Waals surface area (Å²) in [6, 6.07) is 10.7. The molecule has 1 N–H and O–H groups in total. The highest BCUT2D eigenvalue weighted by Gasteiger charge is 2.28. The SMILES string of the molecule is CC1CCN(c2ccccc2)CC(CC(=O)O)N1C. The quantitative estimate of drug-likeness (QED) is 0.905. The molecule has 4 nitrogen and oxygen atoms in total. The van der Waals surface area contributed by atoms with E-state index in [1.165, 1.54) is 5.69 Å². The van der Waals surface area contributed by atoms with Crippen LogP contribution in [0, 0.1) is 0 Å². The zero-order valence-corrected chi connectivity index (χ0v) is 11.6. The summed E-state index contributed by atoms with van der Waals surface area (Å²) in [5, 5.41) is 9.07. The molecule has 4 heteroatoms. The van der Waals surface area contributed by atoms with Crippen LogP contribution in [0.15, 0.2) is 30.3 Å². The highest BCUT2D eigenvalue weighted by atomic mass is 16.4. The van der Waals surface area contributed by atoms with Crippen molar-refractivity contribution >= 4 is 11.7 Å². The van der Waals surface area contributed by atoms with Crippen molar-refractivity contribution in [2.24, 2.45) is 0 Å². The van der Waals surface area contributed by atoms with Crippen LogP contribution in [0.1, 0.15) is 19.8 Å². The van der Waals surface area contributed by atoms with Crippen LogP contribution in [-0.4, -0.2) is 48.2 Å². The summed E-state index contributed by atoms with van der Waals surface area (Å²) in [6.45, 7) is 3.92. The third kappa shape index (κ3) is 3.47. The smallest absolute Gasteiger partial charge is 0.305 e. The second-order valence-electron chi connectivity index (χ2n) is 5.34. The first-order chi connectivity index (χ1) is 9.08. The molecule has 1 saturated heterocycles. The van der Waals surface area contributed by atoms with Gasteiger partial charge in [0.25, 0.3) is 0 Å². The van der Waals surface area contributed by atoms with Crippen LogP contribution in [-0.2, 0) is 4.79 Å². The molecule has 2 rings (SSSR count). The van der Waals surface area contributed by atoms with Crippen molar-refractivity contribution in [3.05, 3.63) is 30.3 Å². The van der Waals surface area contributed by atoms with Crippen LogP contribution in [0.4, 0.5) is 5.69 Å². The molecule has 0 spiro atoms. The Bertz CT molecular complexity index is 421. The van der Waals surface area contributed by atoms with Gasteiger partial charge in [-0.05, 0) is 32.5 Å². The number of likely N-dealkylation sites (N-methyl/N-ethyl adjacent to an activating group) is 1. The minimum absolute atomic E-state index is 0.0650. The van der Waals surface area contributed by atoms with Crippen molar-refractivity contribution in [1.82, 2.24) is 4.90 Å². The Balaban J connectivity index is 2.16. The number of aliphatic carboxylic acids is 1. The number of carboxylic acid groups (broad SMARTS) is 1. The summed E-state index contributed by atoms with van der Waals surface area (Å²) in [4.78, 5) is 15.5. The van der Waals surface area contributed by atoms with E-state index >= 15 is 0 Å². The van der Waals surface area contributed by atoms with Crippen molar-refractivity contribution in [3.63, 3.8) is 0 Å². The normalized spacial score (nSPS) is 25.1. The lowest BCUT2D eigenvalue weighted by molar-refractivity contribution is -0.138. The predicted octanol–water partition coefficient (Wildman–Crippen LogP) is 2.06. The van der Waals surface area contributed by atoms with Crippen LogP contribution in [0.3, 0.4) is 0 Å². The zero-order valence-electron chi connectivity index (χ0n) is 11.6. The van der Waals surface area contributed by atoms with Crippen molar-refractivity contribution in [1.29, 1.82) is 0 Å². The first kappa shape index (κ1) is 13.9. The first-order valence-electron chi connectivity index (χ1n) is 6.81. The molecule has 2 atom stereocenters. The lowest BCUT2D eigenvalue weighted by Gasteiger charge is -2.31. The monoisotopic (exact) mass is 262 g/mol. The van der Waals surface area contributed by atoms with E-state index in [2.05, 4.69) is 28.9 Å². The Morgan fingerprint density at radius 3 is 2.68 bits per heavy atom. The van der Waals surface area contributed by atoms with E-state index in [1.54, 1.807) is 0 Å². The summed E-state index contributed by atoms with van der Waals surface area (Å²) in [6.07, 6.45) is 1.26. The summed E-state index contributed by atoms with van der Waals surface area (Å²) in [7, 11) is 2.03. The minimum atomic E-state index is -0.723. The van der Waals surface area contributed by atoms with Gasteiger partial charge in [-0.2, -0.15) is 0 Å². The maximum atomic E-state index is 11.0. The lowest BCUT2D eigenvalue weighted by atomic mass is 10.1. The van der Waals surface area contributed by atoms with E-state index in [9.17, 15) is 4.79 Å². The zero-order chi connectivity index (χ0) is 13.8. The van der Waals surface area contributed by atoms with Gasteiger partial charge in [-0.1, -0.05) is 18.2 Å². The summed E-state index contributed by atoms with van der Waals surface area (Å²) in [5.74, 6) is -0.723.